The molecule has 3 rings (SSSR count). The molecule has 1 N–H and O–H groups in total. The highest BCUT2D eigenvalue weighted by Gasteiger charge is 2.33. The summed E-state index contributed by atoms with van der Waals surface area (Å²) >= 11 is 0. The van der Waals surface area contributed by atoms with Gasteiger partial charge in [-0.05, 0) is 41.4 Å². The van der Waals surface area contributed by atoms with Crippen LogP contribution >= 0.6 is 8.60 Å². The average molecular weight is 473 g/mol. The molecule has 0 unspecified atom stereocenters. The van der Waals surface area contributed by atoms with Gasteiger partial charge in [0.2, 0.25) is 0 Å². The summed E-state index contributed by atoms with van der Waals surface area (Å²) in [6.45, 7) is 22.6. The molecule has 1 heterocycles. The first-order valence-corrected chi connectivity index (χ1v) is 12.9. The summed E-state index contributed by atoms with van der Waals surface area (Å²) in [5.74, 6) is 1.19. The smallest absolute Gasteiger partial charge is 0.397 e. The Morgan fingerprint density at radius 1 is 0.848 bits per heavy atom. The van der Waals surface area contributed by atoms with Gasteiger partial charge in [0.1, 0.15) is 11.5 Å². The van der Waals surface area contributed by atoms with Gasteiger partial charge in [-0.15, -0.1) is 0 Å². The lowest BCUT2D eigenvalue weighted by molar-refractivity contribution is 0.0424. The van der Waals surface area contributed by atoms with Crippen LogP contribution < -0.4 is 4.52 Å². The van der Waals surface area contributed by atoms with Crippen LogP contribution in [0.3, 0.4) is 0 Å². The molecule has 5 heteroatoms. The number of hydrogen-bond acceptors (Lipinski definition) is 4. The highest BCUT2D eigenvalue weighted by molar-refractivity contribution is 7.42. The molecular formula is C28H41O4P. The third-order valence-corrected chi connectivity index (χ3v) is 6.94. The lowest BCUT2D eigenvalue weighted by Crippen LogP contribution is -2.29. The Hall–Kier alpha value is -1.61. The minimum absolute atomic E-state index is 0.0120. The van der Waals surface area contributed by atoms with Crippen LogP contribution in [-0.4, -0.2) is 18.3 Å². The first-order chi connectivity index (χ1) is 15.1. The second kappa shape index (κ2) is 9.21. The van der Waals surface area contributed by atoms with Crippen LogP contribution in [0.25, 0.3) is 0 Å². The van der Waals surface area contributed by atoms with E-state index in [9.17, 15) is 5.11 Å². The van der Waals surface area contributed by atoms with Crippen molar-refractivity contribution in [2.75, 3.05) is 13.2 Å². The molecule has 1 saturated heterocycles. The Morgan fingerprint density at radius 3 is 1.85 bits per heavy atom. The largest absolute Gasteiger partial charge is 0.507 e. The Kier molecular flexibility index (Phi) is 7.26. The molecule has 0 atom stereocenters. The van der Waals surface area contributed by atoms with Gasteiger partial charge in [-0.2, -0.15) is 0 Å². The summed E-state index contributed by atoms with van der Waals surface area (Å²) < 4.78 is 18.4. The molecule has 0 saturated carbocycles. The second-order valence-electron chi connectivity index (χ2n) is 12.3. The van der Waals surface area contributed by atoms with E-state index in [0.29, 0.717) is 25.4 Å². The van der Waals surface area contributed by atoms with Crippen molar-refractivity contribution >= 4 is 8.60 Å². The van der Waals surface area contributed by atoms with Gasteiger partial charge < -0.3 is 18.7 Å². The molecule has 2 aromatic rings. The molecule has 0 bridgehead atoms. The highest BCUT2D eigenvalue weighted by atomic mass is 31.2. The molecular weight excluding hydrogens is 431 g/mol. The normalized spacial score (nSPS) is 17.3. The SMILES string of the molecule is Cc1cc(Cc2cc(C)cc(C(C)(C)C)c2OP2OCC(C)(C)CO2)c(O)c(C(C)(C)C)c1. The van der Waals surface area contributed by atoms with Crippen molar-refractivity contribution in [3.05, 3.63) is 57.6 Å². The lowest BCUT2D eigenvalue weighted by Gasteiger charge is -2.34. The van der Waals surface area contributed by atoms with E-state index >= 15 is 0 Å². The molecule has 0 spiro atoms. The van der Waals surface area contributed by atoms with Crippen molar-refractivity contribution in [1.82, 2.24) is 0 Å². The first kappa shape index (κ1) is 26.0. The maximum Gasteiger partial charge on any atom is 0.397 e. The van der Waals surface area contributed by atoms with Gasteiger partial charge >= 0.3 is 8.60 Å². The van der Waals surface area contributed by atoms with Gasteiger partial charge in [0.25, 0.3) is 0 Å². The second-order valence-corrected chi connectivity index (χ2v) is 13.5. The van der Waals surface area contributed by atoms with Crippen LogP contribution in [0.5, 0.6) is 11.5 Å². The monoisotopic (exact) mass is 472 g/mol. The Morgan fingerprint density at radius 2 is 1.33 bits per heavy atom. The van der Waals surface area contributed by atoms with Gasteiger partial charge in [0, 0.05) is 17.4 Å². The van der Waals surface area contributed by atoms with Crippen molar-refractivity contribution in [2.24, 2.45) is 5.41 Å². The summed E-state index contributed by atoms with van der Waals surface area (Å²) in [5, 5.41) is 11.2. The van der Waals surface area contributed by atoms with Crippen molar-refractivity contribution in [3.63, 3.8) is 0 Å². The molecule has 1 aliphatic heterocycles. The fraction of sp³-hybridized carbons (Fsp3) is 0.571. The average Bonchev–Trinajstić information content (AvgIpc) is 2.66. The molecule has 1 aliphatic rings. The third kappa shape index (κ3) is 6.29. The minimum atomic E-state index is -1.47. The quantitative estimate of drug-likeness (QED) is 0.460. The Labute approximate surface area is 201 Å². The topological polar surface area (TPSA) is 47.9 Å². The number of phenolic OH excluding ortho intramolecular Hbond substituents is 1. The van der Waals surface area contributed by atoms with Crippen LogP contribution in [0.15, 0.2) is 24.3 Å². The molecule has 33 heavy (non-hydrogen) atoms. The molecule has 2 aromatic carbocycles. The number of benzene rings is 2. The summed E-state index contributed by atoms with van der Waals surface area (Å²) in [6.07, 6.45) is 0.575. The molecule has 182 valence electrons. The summed E-state index contributed by atoms with van der Waals surface area (Å²) in [7, 11) is -1.47. The summed E-state index contributed by atoms with van der Waals surface area (Å²) in [4.78, 5) is 0. The van der Waals surface area contributed by atoms with Crippen LogP contribution in [0.2, 0.25) is 0 Å². The van der Waals surface area contributed by atoms with Gasteiger partial charge in [0.05, 0.1) is 13.2 Å². The number of hydrogen-bond donors (Lipinski definition) is 1. The van der Waals surface area contributed by atoms with Gasteiger partial charge in [-0.25, -0.2) is 0 Å². The van der Waals surface area contributed by atoms with E-state index in [4.69, 9.17) is 13.6 Å². The Balaban J connectivity index is 2.07. The maximum absolute atomic E-state index is 11.2. The zero-order valence-electron chi connectivity index (χ0n) is 22.0. The predicted molar refractivity (Wildman–Crippen MR) is 137 cm³/mol. The third-order valence-electron chi connectivity index (χ3n) is 5.93. The van der Waals surface area contributed by atoms with Crippen LogP contribution in [0, 0.1) is 19.3 Å². The van der Waals surface area contributed by atoms with Crippen molar-refractivity contribution in [1.29, 1.82) is 0 Å². The van der Waals surface area contributed by atoms with E-state index in [1.54, 1.807) is 0 Å². The van der Waals surface area contributed by atoms with Crippen molar-refractivity contribution in [2.45, 2.75) is 86.5 Å². The van der Waals surface area contributed by atoms with Crippen LogP contribution in [-0.2, 0) is 26.3 Å². The van der Waals surface area contributed by atoms with Crippen LogP contribution in [0.1, 0.15) is 88.8 Å². The fourth-order valence-electron chi connectivity index (χ4n) is 4.07. The maximum atomic E-state index is 11.2. The fourth-order valence-corrected chi connectivity index (χ4v) is 5.53. The molecule has 0 aliphatic carbocycles. The first-order valence-electron chi connectivity index (χ1n) is 11.8. The van der Waals surface area contributed by atoms with Gasteiger partial charge in [0.15, 0.2) is 0 Å². The number of phenols is 1. The van der Waals surface area contributed by atoms with Gasteiger partial charge in [-0.1, -0.05) is 90.8 Å². The highest BCUT2D eigenvalue weighted by Crippen LogP contribution is 2.50. The number of rotatable bonds is 4. The molecule has 1 fully saturated rings. The van der Waals surface area contributed by atoms with Crippen molar-refractivity contribution < 1.29 is 18.7 Å². The van der Waals surface area contributed by atoms with E-state index in [2.05, 4.69) is 93.5 Å². The van der Waals surface area contributed by atoms with E-state index in [1.807, 2.05) is 0 Å². The predicted octanol–water partition coefficient (Wildman–Crippen LogP) is 7.87. The van der Waals surface area contributed by atoms with E-state index in [1.165, 1.54) is 5.56 Å². The molecule has 0 aromatic heterocycles. The van der Waals surface area contributed by atoms with Crippen molar-refractivity contribution in [3.8, 4) is 11.5 Å². The minimum Gasteiger partial charge on any atom is -0.507 e. The Bertz CT molecular complexity index is 1000. The molecule has 4 nitrogen and oxygen atoms in total. The zero-order valence-corrected chi connectivity index (χ0v) is 22.9. The van der Waals surface area contributed by atoms with E-state index in [-0.39, 0.29) is 16.2 Å². The van der Waals surface area contributed by atoms with E-state index in [0.717, 1.165) is 33.6 Å². The molecule has 0 amide bonds. The number of aromatic hydroxyl groups is 1. The lowest BCUT2D eigenvalue weighted by atomic mass is 9.81. The van der Waals surface area contributed by atoms with Crippen LogP contribution in [0.4, 0.5) is 0 Å². The van der Waals surface area contributed by atoms with E-state index < -0.39 is 8.60 Å². The summed E-state index contributed by atoms with van der Waals surface area (Å²) in [6, 6.07) is 8.52. The van der Waals surface area contributed by atoms with Gasteiger partial charge in [-0.3, -0.25) is 0 Å². The molecule has 0 radical (unpaired) electrons. The zero-order chi connectivity index (χ0) is 24.8. The standard InChI is InChI=1S/C28H41O4P/c1-18-11-20(24(29)22(13-18)26(3,4)5)15-21-12-19(2)14-23(27(6,7)8)25(21)32-33-30-16-28(9,10)17-31-33/h11-14,29H,15-17H2,1-10H3. The number of aryl methyl sites for hydroxylation is 2. The summed E-state index contributed by atoms with van der Waals surface area (Å²) in [5.41, 5.74) is 6.08.